The quantitative estimate of drug-likeness (QED) is 0.835. The Bertz CT molecular complexity index is 508. The van der Waals surface area contributed by atoms with Crippen molar-refractivity contribution in [2.75, 3.05) is 12.3 Å². The molecule has 1 heterocycles. The number of amides is 1. The zero-order chi connectivity index (χ0) is 16.0. The third kappa shape index (κ3) is 6.29. The molecule has 1 aromatic rings. The average molecular weight is 291 g/mol. The molecule has 0 saturated carbocycles. The first-order valence-corrected chi connectivity index (χ1v) is 7.06. The van der Waals surface area contributed by atoms with Gasteiger partial charge in [-0.05, 0) is 58.2 Å². The number of ether oxygens (including phenoxy) is 1. The van der Waals surface area contributed by atoms with Gasteiger partial charge < -0.3 is 15.8 Å². The molecular formula is C16H25N3O2. The molecule has 21 heavy (non-hydrogen) atoms. The number of aromatic nitrogens is 1. The molecule has 1 aromatic heterocycles. The predicted octanol–water partition coefficient (Wildman–Crippen LogP) is 3.21. The maximum Gasteiger partial charge on any atom is 0.407 e. The molecule has 0 aliphatic heterocycles. The number of nitrogens with one attached hydrogen (secondary N) is 1. The summed E-state index contributed by atoms with van der Waals surface area (Å²) in [6, 6.07) is 1.85. The SMILES string of the molecule is Cc1cc(N)nc(C)c1C=CCCNC(=O)OC(C)(C)C. The Morgan fingerprint density at radius 1 is 1.43 bits per heavy atom. The van der Waals surface area contributed by atoms with E-state index in [1.165, 1.54) is 0 Å². The van der Waals surface area contributed by atoms with Crippen LogP contribution in [0.1, 0.15) is 44.0 Å². The second kappa shape index (κ2) is 7.11. The molecular weight excluding hydrogens is 266 g/mol. The van der Waals surface area contributed by atoms with Gasteiger partial charge in [0.25, 0.3) is 0 Å². The van der Waals surface area contributed by atoms with E-state index in [0.29, 0.717) is 12.4 Å². The number of nitrogen functional groups attached to an aromatic ring is 1. The second-order valence-corrected chi connectivity index (χ2v) is 5.98. The minimum absolute atomic E-state index is 0.391. The van der Waals surface area contributed by atoms with Gasteiger partial charge in [-0.15, -0.1) is 0 Å². The summed E-state index contributed by atoms with van der Waals surface area (Å²) in [4.78, 5) is 15.7. The minimum atomic E-state index is -0.468. The van der Waals surface area contributed by atoms with Gasteiger partial charge in [-0.25, -0.2) is 9.78 Å². The second-order valence-electron chi connectivity index (χ2n) is 5.98. The lowest BCUT2D eigenvalue weighted by Gasteiger charge is -2.19. The maximum atomic E-state index is 11.5. The van der Waals surface area contributed by atoms with Gasteiger partial charge in [0.2, 0.25) is 0 Å². The van der Waals surface area contributed by atoms with Crippen molar-refractivity contribution in [3.05, 3.63) is 29.0 Å². The number of rotatable bonds is 4. The summed E-state index contributed by atoms with van der Waals surface area (Å²) in [5.74, 6) is 0.536. The summed E-state index contributed by atoms with van der Waals surface area (Å²) in [6.07, 6.45) is 4.35. The maximum absolute atomic E-state index is 11.5. The van der Waals surface area contributed by atoms with Crippen molar-refractivity contribution in [3.8, 4) is 0 Å². The average Bonchev–Trinajstić information content (AvgIpc) is 2.29. The Hall–Kier alpha value is -2.04. The van der Waals surface area contributed by atoms with Crippen LogP contribution in [-0.4, -0.2) is 23.2 Å². The summed E-state index contributed by atoms with van der Waals surface area (Å²) in [6.45, 7) is 9.99. The van der Waals surface area contributed by atoms with Gasteiger partial charge >= 0.3 is 6.09 Å². The summed E-state index contributed by atoms with van der Waals surface area (Å²) in [7, 11) is 0. The third-order valence-electron chi connectivity index (χ3n) is 2.74. The van der Waals surface area contributed by atoms with Crippen LogP contribution in [-0.2, 0) is 4.74 Å². The van der Waals surface area contributed by atoms with E-state index in [4.69, 9.17) is 10.5 Å². The predicted molar refractivity (Wildman–Crippen MR) is 86.0 cm³/mol. The van der Waals surface area contributed by atoms with Gasteiger partial charge in [0, 0.05) is 12.2 Å². The molecule has 5 nitrogen and oxygen atoms in total. The van der Waals surface area contributed by atoms with E-state index < -0.39 is 11.7 Å². The molecule has 5 heteroatoms. The van der Waals surface area contributed by atoms with Crippen LogP contribution in [0.25, 0.3) is 6.08 Å². The van der Waals surface area contributed by atoms with Crippen LogP contribution in [0.5, 0.6) is 0 Å². The highest BCUT2D eigenvalue weighted by atomic mass is 16.6. The summed E-state index contributed by atoms with van der Waals surface area (Å²) < 4.78 is 5.16. The highest BCUT2D eigenvalue weighted by molar-refractivity contribution is 5.67. The number of carbonyl (C=O) groups is 1. The summed E-state index contributed by atoms with van der Waals surface area (Å²) in [5, 5.41) is 2.72. The molecule has 0 saturated heterocycles. The van der Waals surface area contributed by atoms with E-state index in [1.54, 1.807) is 0 Å². The molecule has 0 spiro atoms. The molecule has 0 atom stereocenters. The zero-order valence-electron chi connectivity index (χ0n) is 13.5. The number of nitrogens with two attached hydrogens (primary N) is 1. The number of nitrogens with zero attached hydrogens (tertiary/aromatic N) is 1. The van der Waals surface area contributed by atoms with Crippen LogP contribution in [0.4, 0.5) is 10.6 Å². The molecule has 0 aliphatic rings. The summed E-state index contributed by atoms with van der Waals surface area (Å²) >= 11 is 0. The Balaban J connectivity index is 2.45. The van der Waals surface area contributed by atoms with Crippen LogP contribution < -0.4 is 11.1 Å². The van der Waals surface area contributed by atoms with Crippen molar-refractivity contribution in [2.24, 2.45) is 0 Å². The number of pyridine rings is 1. The highest BCUT2D eigenvalue weighted by Crippen LogP contribution is 2.16. The monoisotopic (exact) mass is 291 g/mol. The Morgan fingerprint density at radius 2 is 2.10 bits per heavy atom. The lowest BCUT2D eigenvalue weighted by atomic mass is 10.1. The van der Waals surface area contributed by atoms with Crippen molar-refractivity contribution < 1.29 is 9.53 Å². The van der Waals surface area contributed by atoms with E-state index in [9.17, 15) is 4.79 Å². The zero-order valence-corrected chi connectivity index (χ0v) is 13.5. The minimum Gasteiger partial charge on any atom is -0.444 e. The molecule has 1 amide bonds. The first-order chi connectivity index (χ1) is 9.69. The van der Waals surface area contributed by atoms with Crippen LogP contribution >= 0.6 is 0 Å². The first kappa shape index (κ1) is 17.0. The molecule has 116 valence electrons. The van der Waals surface area contributed by atoms with Crippen molar-refractivity contribution in [1.82, 2.24) is 10.3 Å². The topological polar surface area (TPSA) is 77.2 Å². The fourth-order valence-corrected chi connectivity index (χ4v) is 1.90. The standard InChI is InChI=1S/C16H25N3O2/c1-11-10-14(17)19-12(2)13(11)8-6-7-9-18-15(20)21-16(3,4)5/h6,8,10H,7,9H2,1-5H3,(H2,17,19)(H,18,20). The normalized spacial score (nSPS) is 11.7. The summed E-state index contributed by atoms with van der Waals surface area (Å²) in [5.41, 5.74) is 8.29. The number of carbonyl (C=O) groups excluding carboxylic acids is 1. The fourth-order valence-electron chi connectivity index (χ4n) is 1.90. The van der Waals surface area contributed by atoms with E-state index in [1.807, 2.05) is 52.8 Å². The number of hydrogen-bond acceptors (Lipinski definition) is 4. The van der Waals surface area contributed by atoms with Gasteiger partial charge in [-0.2, -0.15) is 0 Å². The molecule has 3 N–H and O–H groups in total. The van der Waals surface area contributed by atoms with Gasteiger partial charge in [-0.3, -0.25) is 0 Å². The number of aryl methyl sites for hydroxylation is 2. The van der Waals surface area contributed by atoms with Crippen molar-refractivity contribution in [3.63, 3.8) is 0 Å². The van der Waals surface area contributed by atoms with Gasteiger partial charge in [0.05, 0.1) is 0 Å². The van der Waals surface area contributed by atoms with Crippen molar-refractivity contribution in [1.29, 1.82) is 0 Å². The number of hydrogen-bond donors (Lipinski definition) is 2. The highest BCUT2D eigenvalue weighted by Gasteiger charge is 2.15. The van der Waals surface area contributed by atoms with Crippen LogP contribution in [0.3, 0.4) is 0 Å². The molecule has 0 aliphatic carbocycles. The first-order valence-electron chi connectivity index (χ1n) is 7.06. The molecule has 0 unspecified atom stereocenters. The van der Waals surface area contributed by atoms with Crippen molar-refractivity contribution in [2.45, 2.75) is 46.6 Å². The Morgan fingerprint density at radius 3 is 2.67 bits per heavy atom. The molecule has 1 rings (SSSR count). The van der Waals surface area contributed by atoms with Gasteiger partial charge in [0.15, 0.2) is 0 Å². The molecule has 0 bridgehead atoms. The Kier molecular flexibility index (Phi) is 5.76. The lowest BCUT2D eigenvalue weighted by Crippen LogP contribution is -2.32. The van der Waals surface area contributed by atoms with E-state index in [0.717, 1.165) is 23.2 Å². The lowest BCUT2D eigenvalue weighted by molar-refractivity contribution is 0.0529. The fraction of sp³-hybridized carbons (Fsp3) is 0.500. The molecule has 0 radical (unpaired) electrons. The molecule has 0 fully saturated rings. The van der Waals surface area contributed by atoms with Gasteiger partial charge in [-0.1, -0.05) is 12.2 Å². The Labute approximate surface area is 126 Å². The molecule has 0 aromatic carbocycles. The third-order valence-corrected chi connectivity index (χ3v) is 2.74. The van der Waals surface area contributed by atoms with Gasteiger partial charge in [0.1, 0.15) is 11.4 Å². The smallest absolute Gasteiger partial charge is 0.407 e. The number of alkyl carbamates (subject to hydrolysis) is 1. The van der Waals surface area contributed by atoms with E-state index in [2.05, 4.69) is 10.3 Å². The number of anilines is 1. The van der Waals surface area contributed by atoms with Crippen LogP contribution in [0.2, 0.25) is 0 Å². The largest absolute Gasteiger partial charge is 0.444 e. The van der Waals surface area contributed by atoms with Crippen LogP contribution in [0.15, 0.2) is 12.1 Å². The van der Waals surface area contributed by atoms with E-state index in [-0.39, 0.29) is 0 Å². The van der Waals surface area contributed by atoms with E-state index >= 15 is 0 Å². The van der Waals surface area contributed by atoms with Crippen molar-refractivity contribution >= 4 is 18.0 Å². The van der Waals surface area contributed by atoms with Crippen LogP contribution in [0, 0.1) is 13.8 Å².